The molecule has 0 bridgehead atoms. The van der Waals surface area contributed by atoms with E-state index in [2.05, 4.69) is 29.6 Å². The molecule has 174 valence electrons. The number of aldehydes is 1. The van der Waals surface area contributed by atoms with E-state index >= 15 is 0 Å². The number of fused-ring (bicyclic) bond motifs is 3. The summed E-state index contributed by atoms with van der Waals surface area (Å²) >= 11 is 0. The minimum atomic E-state index is -0.444. The number of carbonyl (C=O) groups is 2. The van der Waals surface area contributed by atoms with Crippen molar-refractivity contribution in [3.8, 4) is 22.6 Å². The summed E-state index contributed by atoms with van der Waals surface area (Å²) in [6.45, 7) is 0.706. The molecule has 0 unspecified atom stereocenters. The molecular formula is C28H27NO5. The summed E-state index contributed by atoms with van der Waals surface area (Å²) in [6, 6.07) is 19.8. The molecule has 1 amide bonds. The Balaban J connectivity index is 1.31. The van der Waals surface area contributed by atoms with Gasteiger partial charge in [-0.2, -0.15) is 0 Å². The maximum absolute atomic E-state index is 12.3. The third-order valence-corrected chi connectivity index (χ3v) is 5.91. The number of amides is 1. The zero-order valence-electron chi connectivity index (χ0n) is 19.2. The van der Waals surface area contributed by atoms with E-state index in [1.807, 2.05) is 36.4 Å². The zero-order valence-corrected chi connectivity index (χ0v) is 19.2. The van der Waals surface area contributed by atoms with Crippen LogP contribution in [0.15, 0.2) is 66.7 Å². The van der Waals surface area contributed by atoms with Gasteiger partial charge in [0.25, 0.3) is 0 Å². The number of carbonyl (C=O) groups excluding carboxylic acids is 2. The summed E-state index contributed by atoms with van der Waals surface area (Å²) in [5.74, 6) is 1.12. The van der Waals surface area contributed by atoms with Crippen molar-refractivity contribution in [1.29, 1.82) is 0 Å². The second kappa shape index (κ2) is 10.7. The first-order valence-electron chi connectivity index (χ1n) is 11.1. The van der Waals surface area contributed by atoms with Gasteiger partial charge in [0.1, 0.15) is 24.4 Å². The van der Waals surface area contributed by atoms with Gasteiger partial charge in [-0.25, -0.2) is 4.79 Å². The van der Waals surface area contributed by atoms with Gasteiger partial charge in [-0.3, -0.25) is 4.79 Å². The monoisotopic (exact) mass is 457 g/mol. The molecule has 0 aliphatic heterocycles. The largest absolute Gasteiger partial charge is 0.496 e. The first-order chi connectivity index (χ1) is 16.7. The fourth-order valence-electron chi connectivity index (χ4n) is 4.30. The molecule has 6 heteroatoms. The van der Waals surface area contributed by atoms with Crippen molar-refractivity contribution in [3.05, 3.63) is 89.0 Å². The van der Waals surface area contributed by atoms with E-state index in [-0.39, 0.29) is 12.5 Å². The van der Waals surface area contributed by atoms with E-state index in [1.165, 1.54) is 22.3 Å². The number of hydrogen-bond acceptors (Lipinski definition) is 5. The number of alkyl carbamates (subject to hydrolysis) is 1. The number of ether oxygens (including phenoxy) is 3. The molecule has 0 radical (unpaired) electrons. The normalized spacial score (nSPS) is 12.2. The predicted molar refractivity (Wildman–Crippen MR) is 132 cm³/mol. The SMILES string of the molecule is COc1cc(C=O)cc(OC)c1C=CCCNC(=O)OCC1c2ccccc2-c2ccccc21. The molecule has 0 spiro atoms. The lowest BCUT2D eigenvalue weighted by Crippen LogP contribution is -2.26. The second-order valence-corrected chi connectivity index (χ2v) is 7.90. The Hall–Kier alpha value is -4.06. The van der Waals surface area contributed by atoms with Gasteiger partial charge in [-0.05, 0) is 40.8 Å². The fourth-order valence-corrected chi connectivity index (χ4v) is 4.30. The van der Waals surface area contributed by atoms with E-state index in [4.69, 9.17) is 14.2 Å². The second-order valence-electron chi connectivity index (χ2n) is 7.90. The van der Waals surface area contributed by atoms with Crippen molar-refractivity contribution in [3.63, 3.8) is 0 Å². The highest BCUT2D eigenvalue weighted by Crippen LogP contribution is 2.44. The number of hydrogen-bond donors (Lipinski definition) is 1. The van der Waals surface area contributed by atoms with E-state index < -0.39 is 6.09 Å². The Kier molecular flexibility index (Phi) is 7.28. The van der Waals surface area contributed by atoms with Crippen LogP contribution >= 0.6 is 0 Å². The molecule has 0 aromatic heterocycles. The molecule has 0 atom stereocenters. The van der Waals surface area contributed by atoms with Gasteiger partial charge in [-0.15, -0.1) is 0 Å². The minimum absolute atomic E-state index is 0.0345. The van der Waals surface area contributed by atoms with E-state index in [9.17, 15) is 9.59 Å². The quantitative estimate of drug-likeness (QED) is 0.341. The molecule has 0 heterocycles. The third kappa shape index (κ3) is 4.81. The van der Waals surface area contributed by atoms with Gasteiger partial charge in [0.05, 0.1) is 19.8 Å². The van der Waals surface area contributed by atoms with Crippen molar-refractivity contribution in [2.75, 3.05) is 27.4 Å². The third-order valence-electron chi connectivity index (χ3n) is 5.91. The highest BCUT2D eigenvalue weighted by molar-refractivity contribution is 5.80. The van der Waals surface area contributed by atoms with Crippen LogP contribution in [0, 0.1) is 0 Å². The van der Waals surface area contributed by atoms with Crippen molar-refractivity contribution in [2.24, 2.45) is 0 Å². The van der Waals surface area contributed by atoms with Crippen LogP contribution < -0.4 is 14.8 Å². The lowest BCUT2D eigenvalue weighted by molar-refractivity contribution is 0.112. The van der Waals surface area contributed by atoms with Crippen LogP contribution in [0.3, 0.4) is 0 Å². The summed E-state index contributed by atoms with van der Waals surface area (Å²) < 4.78 is 16.3. The molecule has 34 heavy (non-hydrogen) atoms. The molecule has 6 nitrogen and oxygen atoms in total. The predicted octanol–water partition coefficient (Wildman–Crippen LogP) is 5.46. The number of nitrogens with one attached hydrogen (secondary N) is 1. The highest BCUT2D eigenvalue weighted by atomic mass is 16.5. The molecule has 1 aliphatic rings. The molecule has 4 rings (SSSR count). The minimum Gasteiger partial charge on any atom is -0.496 e. The summed E-state index contributed by atoms with van der Waals surface area (Å²) in [5, 5.41) is 2.80. The maximum atomic E-state index is 12.3. The maximum Gasteiger partial charge on any atom is 0.407 e. The fraction of sp³-hybridized carbons (Fsp3) is 0.214. The van der Waals surface area contributed by atoms with Gasteiger partial charge in [0, 0.05) is 18.0 Å². The Morgan fingerprint density at radius 3 is 2.09 bits per heavy atom. The molecule has 0 saturated carbocycles. The van der Waals surface area contributed by atoms with E-state index in [0.717, 1.165) is 11.8 Å². The smallest absolute Gasteiger partial charge is 0.407 e. The number of methoxy groups -OCH3 is 2. The first kappa shape index (κ1) is 23.1. The van der Waals surface area contributed by atoms with Crippen molar-refractivity contribution < 1.29 is 23.8 Å². The average Bonchev–Trinajstić information content (AvgIpc) is 3.20. The van der Waals surface area contributed by atoms with E-state index in [1.54, 1.807) is 26.4 Å². The summed E-state index contributed by atoms with van der Waals surface area (Å²) in [6.07, 6.45) is 4.65. The van der Waals surface area contributed by atoms with Crippen LogP contribution in [-0.4, -0.2) is 39.8 Å². The molecule has 1 aliphatic carbocycles. The van der Waals surface area contributed by atoms with Crippen LogP contribution in [0.25, 0.3) is 17.2 Å². The summed E-state index contributed by atoms with van der Waals surface area (Å²) in [4.78, 5) is 23.4. The number of rotatable bonds is 9. The van der Waals surface area contributed by atoms with Crippen LogP contribution in [-0.2, 0) is 4.74 Å². The first-order valence-corrected chi connectivity index (χ1v) is 11.1. The highest BCUT2D eigenvalue weighted by Gasteiger charge is 2.28. The topological polar surface area (TPSA) is 73.9 Å². The molecule has 0 fully saturated rings. The Morgan fingerprint density at radius 2 is 1.53 bits per heavy atom. The standard InChI is InChI=1S/C28H27NO5/c1-32-26-15-19(17-30)16-27(33-2)24(26)13-7-8-14-29-28(31)34-18-25-22-11-5-3-9-20(22)21-10-4-6-12-23(21)25/h3-7,9-13,15-17,25H,8,14,18H2,1-2H3,(H,29,31). The van der Waals surface area contributed by atoms with Gasteiger partial charge in [0.15, 0.2) is 0 Å². The molecule has 1 N–H and O–H groups in total. The van der Waals surface area contributed by atoms with Gasteiger partial charge in [0.2, 0.25) is 0 Å². The molecular weight excluding hydrogens is 430 g/mol. The molecule has 0 saturated heterocycles. The van der Waals surface area contributed by atoms with Crippen LogP contribution in [0.1, 0.15) is 39.4 Å². The van der Waals surface area contributed by atoms with Crippen LogP contribution in [0.2, 0.25) is 0 Å². The van der Waals surface area contributed by atoms with Gasteiger partial charge < -0.3 is 19.5 Å². The zero-order chi connectivity index (χ0) is 23.9. The van der Waals surface area contributed by atoms with Gasteiger partial charge >= 0.3 is 6.09 Å². The molecule has 3 aromatic carbocycles. The number of benzene rings is 3. The van der Waals surface area contributed by atoms with Crippen LogP contribution in [0.4, 0.5) is 4.79 Å². The summed E-state index contributed by atoms with van der Waals surface area (Å²) in [7, 11) is 3.08. The Labute approximate surface area is 199 Å². The average molecular weight is 458 g/mol. The lowest BCUT2D eigenvalue weighted by Gasteiger charge is -2.14. The van der Waals surface area contributed by atoms with E-state index in [0.29, 0.717) is 30.0 Å². The van der Waals surface area contributed by atoms with Crippen molar-refractivity contribution in [1.82, 2.24) is 5.32 Å². The molecule has 3 aromatic rings. The van der Waals surface area contributed by atoms with Gasteiger partial charge in [-0.1, -0.05) is 60.7 Å². The van der Waals surface area contributed by atoms with Crippen molar-refractivity contribution >= 4 is 18.5 Å². The Bertz CT molecular complexity index is 1150. The van der Waals surface area contributed by atoms with Crippen molar-refractivity contribution in [2.45, 2.75) is 12.3 Å². The Morgan fingerprint density at radius 1 is 0.941 bits per heavy atom. The summed E-state index contributed by atoms with van der Waals surface area (Å²) in [5.41, 5.74) is 5.97. The lowest BCUT2D eigenvalue weighted by atomic mass is 9.98. The van der Waals surface area contributed by atoms with Crippen LogP contribution in [0.5, 0.6) is 11.5 Å².